The van der Waals surface area contributed by atoms with Crippen molar-refractivity contribution in [1.82, 2.24) is 4.90 Å². The molecule has 0 spiro atoms. The normalized spacial score (nSPS) is 22.4. The summed E-state index contributed by atoms with van der Waals surface area (Å²) in [6, 6.07) is 9.27. The molecule has 0 radical (unpaired) electrons. The molecular weight excluding hydrogens is 362 g/mol. The van der Waals surface area contributed by atoms with Crippen LogP contribution in [0.1, 0.15) is 67.0 Å². The van der Waals surface area contributed by atoms with Crippen molar-refractivity contribution < 1.29 is 19.0 Å². The zero-order valence-corrected chi connectivity index (χ0v) is 18.3. The summed E-state index contributed by atoms with van der Waals surface area (Å²) < 4.78 is 17.8. The van der Waals surface area contributed by atoms with Crippen molar-refractivity contribution in [2.24, 2.45) is 0 Å². The highest BCUT2D eigenvalue weighted by molar-refractivity contribution is 7.80. The smallest absolute Gasteiger partial charge is 0.413 e. The second kappa shape index (κ2) is 7.40. The van der Waals surface area contributed by atoms with E-state index in [1.54, 1.807) is 4.90 Å². The molecule has 1 aromatic rings. The summed E-state index contributed by atoms with van der Waals surface area (Å²) in [5, 5.41) is 0.329. The van der Waals surface area contributed by atoms with Gasteiger partial charge in [-0.2, -0.15) is 0 Å². The van der Waals surface area contributed by atoms with Gasteiger partial charge in [-0.1, -0.05) is 30.3 Å². The Morgan fingerprint density at radius 3 is 2.04 bits per heavy atom. The molecule has 27 heavy (non-hydrogen) atoms. The van der Waals surface area contributed by atoms with Gasteiger partial charge in [0.05, 0.1) is 6.04 Å². The highest BCUT2D eigenvalue weighted by Gasteiger charge is 2.54. The van der Waals surface area contributed by atoms with Crippen molar-refractivity contribution in [3.63, 3.8) is 0 Å². The van der Waals surface area contributed by atoms with E-state index in [9.17, 15) is 4.79 Å². The van der Waals surface area contributed by atoms with Crippen LogP contribution >= 0.6 is 12.2 Å². The van der Waals surface area contributed by atoms with Crippen LogP contribution in [0.3, 0.4) is 0 Å². The van der Waals surface area contributed by atoms with E-state index >= 15 is 0 Å². The molecular formula is C21H31NO4S. The van der Waals surface area contributed by atoms with Crippen LogP contribution in [0, 0.1) is 0 Å². The van der Waals surface area contributed by atoms with E-state index in [4.69, 9.17) is 26.4 Å². The van der Waals surface area contributed by atoms with E-state index in [0.29, 0.717) is 5.05 Å². The van der Waals surface area contributed by atoms with Crippen LogP contribution in [0.4, 0.5) is 4.79 Å². The Labute approximate surface area is 168 Å². The summed E-state index contributed by atoms with van der Waals surface area (Å²) in [7, 11) is 0. The first-order valence-electron chi connectivity index (χ1n) is 9.19. The van der Waals surface area contributed by atoms with Crippen LogP contribution in [0.25, 0.3) is 0 Å². The van der Waals surface area contributed by atoms with E-state index < -0.39 is 35.2 Å². The fourth-order valence-electron chi connectivity index (χ4n) is 3.06. The highest BCUT2D eigenvalue weighted by Crippen LogP contribution is 2.43. The number of hydrogen-bond acceptors (Lipinski definition) is 5. The van der Waals surface area contributed by atoms with Gasteiger partial charge in [0.1, 0.15) is 16.9 Å². The van der Waals surface area contributed by atoms with E-state index in [1.165, 1.54) is 0 Å². The molecule has 2 rings (SSSR count). The van der Waals surface area contributed by atoms with Gasteiger partial charge in [-0.05, 0) is 73.2 Å². The molecule has 1 aliphatic rings. The van der Waals surface area contributed by atoms with Gasteiger partial charge in [0.2, 0.25) is 0 Å². The lowest BCUT2D eigenvalue weighted by Gasteiger charge is -2.35. The van der Waals surface area contributed by atoms with Crippen LogP contribution in [-0.2, 0) is 14.2 Å². The van der Waals surface area contributed by atoms with E-state index in [2.05, 4.69) is 0 Å². The Bertz CT molecular complexity index is 688. The van der Waals surface area contributed by atoms with Gasteiger partial charge < -0.3 is 14.2 Å². The Balaban J connectivity index is 2.46. The molecule has 1 fully saturated rings. The van der Waals surface area contributed by atoms with Crippen LogP contribution in [0.15, 0.2) is 30.3 Å². The lowest BCUT2D eigenvalue weighted by Crippen LogP contribution is -2.47. The Morgan fingerprint density at radius 1 is 1.04 bits per heavy atom. The highest BCUT2D eigenvalue weighted by atomic mass is 32.1. The number of rotatable bonds is 2. The summed E-state index contributed by atoms with van der Waals surface area (Å²) in [6.45, 7) is 15.0. The quantitative estimate of drug-likeness (QED) is 0.643. The standard InChI is InChI=1S/C21H31NO4S/c1-19(2,3)25-17(27)16-15(14-12-10-9-11-13-14)22(21(7,8)24-16)18(23)26-20(4,5)6/h9-13,15-16H,1-8H3/t15-,16+/m0/s1. The third-order valence-electron chi connectivity index (χ3n) is 3.93. The second-order valence-electron chi connectivity index (χ2n) is 9.22. The molecule has 150 valence electrons. The summed E-state index contributed by atoms with van der Waals surface area (Å²) in [5.74, 6) is 0. The molecule has 0 N–H and O–H groups in total. The summed E-state index contributed by atoms with van der Waals surface area (Å²) in [4.78, 5) is 14.7. The first kappa shape index (κ1) is 21.6. The fraction of sp³-hybridized carbons (Fsp3) is 0.619. The van der Waals surface area contributed by atoms with Crippen molar-refractivity contribution in [3.8, 4) is 0 Å². The van der Waals surface area contributed by atoms with Crippen LogP contribution in [0.2, 0.25) is 0 Å². The lowest BCUT2D eigenvalue weighted by molar-refractivity contribution is -0.0727. The molecule has 0 aliphatic carbocycles. The number of benzene rings is 1. The number of thiocarbonyl (C=S) groups is 1. The Morgan fingerprint density at radius 2 is 1.56 bits per heavy atom. The van der Waals surface area contributed by atoms with Gasteiger partial charge in [0, 0.05) is 0 Å². The van der Waals surface area contributed by atoms with E-state index in [0.717, 1.165) is 5.56 Å². The SMILES string of the molecule is CC(C)(C)OC(=O)N1[C@@H](c2ccccc2)[C@H](C(=S)OC(C)(C)C)OC1(C)C. The first-order valence-corrected chi connectivity index (χ1v) is 9.60. The Kier molecular flexibility index (Phi) is 5.93. The molecule has 0 bridgehead atoms. The first-order chi connectivity index (χ1) is 12.2. The predicted molar refractivity (Wildman–Crippen MR) is 110 cm³/mol. The van der Waals surface area contributed by atoms with Crippen molar-refractivity contribution in [1.29, 1.82) is 0 Å². The molecule has 5 nitrogen and oxygen atoms in total. The fourth-order valence-corrected chi connectivity index (χ4v) is 3.48. The minimum atomic E-state index is -0.904. The molecule has 1 saturated heterocycles. The molecule has 0 aromatic heterocycles. The predicted octanol–water partition coefficient (Wildman–Crippen LogP) is 5.24. The van der Waals surface area contributed by atoms with Crippen molar-refractivity contribution in [2.75, 3.05) is 0 Å². The second-order valence-corrected chi connectivity index (χ2v) is 9.63. The average Bonchev–Trinajstić information content (AvgIpc) is 2.76. The third-order valence-corrected chi connectivity index (χ3v) is 4.25. The minimum absolute atomic E-state index is 0.329. The van der Waals surface area contributed by atoms with Gasteiger partial charge >= 0.3 is 6.09 Å². The zero-order chi connectivity index (χ0) is 20.6. The maximum Gasteiger partial charge on any atom is 0.413 e. The summed E-state index contributed by atoms with van der Waals surface area (Å²) in [6.07, 6.45) is -1.02. The summed E-state index contributed by atoms with van der Waals surface area (Å²) in [5.41, 5.74) is -1.06. The molecule has 0 saturated carbocycles. The molecule has 1 aliphatic heterocycles. The van der Waals surface area contributed by atoms with Crippen LogP contribution in [-0.4, -0.2) is 39.1 Å². The van der Waals surface area contributed by atoms with Crippen molar-refractivity contribution >= 4 is 23.4 Å². The number of hydrogen-bond donors (Lipinski definition) is 0. The minimum Gasteiger partial charge on any atom is -0.479 e. The average molecular weight is 394 g/mol. The Hall–Kier alpha value is -1.66. The number of carbonyl (C=O) groups is 1. The molecule has 0 unspecified atom stereocenters. The number of nitrogens with zero attached hydrogens (tertiary/aromatic N) is 1. The molecule has 1 aromatic carbocycles. The van der Waals surface area contributed by atoms with Gasteiger partial charge in [-0.25, -0.2) is 4.79 Å². The van der Waals surface area contributed by atoms with Gasteiger partial charge in [-0.3, -0.25) is 4.90 Å². The topological polar surface area (TPSA) is 48.0 Å². The maximum atomic E-state index is 13.1. The molecule has 6 heteroatoms. The maximum absolute atomic E-state index is 13.1. The number of amides is 1. The lowest BCUT2D eigenvalue weighted by atomic mass is 10.0. The largest absolute Gasteiger partial charge is 0.479 e. The monoisotopic (exact) mass is 393 g/mol. The van der Waals surface area contributed by atoms with Gasteiger partial charge in [-0.15, -0.1) is 0 Å². The molecule has 2 atom stereocenters. The van der Waals surface area contributed by atoms with Crippen molar-refractivity contribution in [3.05, 3.63) is 35.9 Å². The van der Waals surface area contributed by atoms with Crippen molar-refractivity contribution in [2.45, 2.75) is 84.5 Å². The van der Waals surface area contributed by atoms with Crippen LogP contribution in [0.5, 0.6) is 0 Å². The number of carbonyl (C=O) groups excluding carboxylic acids is 1. The molecule has 1 heterocycles. The van der Waals surface area contributed by atoms with Gasteiger partial charge in [0.25, 0.3) is 0 Å². The van der Waals surface area contributed by atoms with Gasteiger partial charge in [0.15, 0.2) is 11.2 Å². The summed E-state index contributed by atoms with van der Waals surface area (Å²) >= 11 is 5.56. The zero-order valence-electron chi connectivity index (χ0n) is 17.5. The van der Waals surface area contributed by atoms with Crippen LogP contribution < -0.4 is 0 Å². The van der Waals surface area contributed by atoms with E-state index in [1.807, 2.05) is 85.7 Å². The van der Waals surface area contributed by atoms with E-state index in [-0.39, 0.29) is 0 Å². The molecule has 1 amide bonds. The number of ether oxygens (including phenoxy) is 3. The third kappa shape index (κ3) is 5.42.